The van der Waals surface area contributed by atoms with Gasteiger partial charge in [-0.2, -0.15) is 0 Å². The van der Waals surface area contributed by atoms with Crippen molar-refractivity contribution >= 4 is 49.4 Å². The van der Waals surface area contributed by atoms with Gasteiger partial charge in [-0.15, -0.1) is 11.3 Å². The predicted molar refractivity (Wildman–Crippen MR) is 87.7 cm³/mol. The van der Waals surface area contributed by atoms with Gasteiger partial charge in [-0.3, -0.25) is 0 Å². The molecule has 0 radical (unpaired) electrons. The number of anilines is 2. The Hall–Kier alpha value is -1.52. The highest BCUT2D eigenvalue weighted by molar-refractivity contribution is 9.10. The lowest BCUT2D eigenvalue weighted by molar-refractivity contribution is 1.20. The molecule has 0 aliphatic rings. The van der Waals surface area contributed by atoms with Crippen molar-refractivity contribution < 1.29 is 0 Å². The number of benzene rings is 2. The van der Waals surface area contributed by atoms with Crippen LogP contribution >= 0.6 is 27.3 Å². The van der Waals surface area contributed by atoms with Crippen molar-refractivity contribution in [1.29, 1.82) is 0 Å². The topological polar surface area (TPSA) is 38.0 Å². The maximum atomic E-state index is 5.90. The van der Waals surface area contributed by atoms with Gasteiger partial charge >= 0.3 is 0 Å². The summed E-state index contributed by atoms with van der Waals surface area (Å²) in [6.45, 7) is 0.759. The van der Waals surface area contributed by atoms with Crippen LogP contribution in [0.5, 0.6) is 0 Å². The summed E-state index contributed by atoms with van der Waals surface area (Å²) in [5.41, 5.74) is 7.90. The first-order valence-corrected chi connectivity index (χ1v) is 7.66. The van der Waals surface area contributed by atoms with Gasteiger partial charge in [-0.25, -0.2) is 0 Å². The number of hydrogen-bond acceptors (Lipinski definition) is 3. The summed E-state index contributed by atoms with van der Waals surface area (Å²) >= 11 is 5.27. The van der Waals surface area contributed by atoms with Gasteiger partial charge in [0.2, 0.25) is 0 Å². The van der Waals surface area contributed by atoms with Crippen molar-refractivity contribution in [3.8, 4) is 0 Å². The van der Waals surface area contributed by atoms with E-state index in [4.69, 9.17) is 5.73 Å². The van der Waals surface area contributed by atoms with E-state index in [-0.39, 0.29) is 0 Å². The maximum Gasteiger partial charge on any atom is 0.0515 e. The number of nitrogens with two attached hydrogens (primary N) is 1. The third-order valence-electron chi connectivity index (χ3n) is 3.09. The Morgan fingerprint density at radius 2 is 1.84 bits per heavy atom. The number of rotatable bonds is 3. The first-order chi connectivity index (χ1) is 9.25. The molecule has 0 atom stereocenters. The first-order valence-electron chi connectivity index (χ1n) is 5.98. The largest absolute Gasteiger partial charge is 0.398 e. The maximum absolute atomic E-state index is 5.90. The third kappa shape index (κ3) is 2.46. The first kappa shape index (κ1) is 12.5. The van der Waals surface area contributed by atoms with Crippen molar-refractivity contribution in [3.63, 3.8) is 0 Å². The van der Waals surface area contributed by atoms with Crippen LogP contribution in [-0.2, 0) is 6.54 Å². The van der Waals surface area contributed by atoms with Crippen LogP contribution in [0.15, 0.2) is 52.3 Å². The number of halogens is 1. The fraction of sp³-hybridized carbons (Fsp3) is 0.0667. The van der Waals surface area contributed by atoms with Crippen LogP contribution in [0.1, 0.15) is 4.88 Å². The molecule has 0 spiro atoms. The van der Waals surface area contributed by atoms with E-state index >= 15 is 0 Å². The molecule has 0 aliphatic carbocycles. The lowest BCUT2D eigenvalue weighted by atomic mass is 10.1. The van der Waals surface area contributed by atoms with Crippen LogP contribution in [-0.4, -0.2) is 0 Å². The highest BCUT2D eigenvalue weighted by atomic mass is 79.9. The van der Waals surface area contributed by atoms with E-state index in [2.05, 4.69) is 51.6 Å². The van der Waals surface area contributed by atoms with Gasteiger partial charge < -0.3 is 11.1 Å². The molecule has 2 nitrogen and oxygen atoms in total. The summed E-state index contributed by atoms with van der Waals surface area (Å²) < 4.78 is 1.12. The molecule has 1 aromatic heterocycles. The summed E-state index contributed by atoms with van der Waals surface area (Å²) in [6, 6.07) is 14.5. The van der Waals surface area contributed by atoms with Gasteiger partial charge in [0, 0.05) is 26.1 Å². The van der Waals surface area contributed by atoms with Crippen molar-refractivity contribution in [2.75, 3.05) is 11.1 Å². The lowest BCUT2D eigenvalue weighted by Gasteiger charge is -2.10. The van der Waals surface area contributed by atoms with Gasteiger partial charge in [0.1, 0.15) is 0 Å². The fourth-order valence-electron chi connectivity index (χ4n) is 2.09. The molecule has 1 heterocycles. The van der Waals surface area contributed by atoms with E-state index < -0.39 is 0 Å². The quantitative estimate of drug-likeness (QED) is 0.718. The molecule has 0 saturated carbocycles. The van der Waals surface area contributed by atoms with Gasteiger partial charge in [0.15, 0.2) is 0 Å². The van der Waals surface area contributed by atoms with E-state index in [0.717, 1.165) is 22.4 Å². The zero-order valence-electron chi connectivity index (χ0n) is 10.2. The van der Waals surface area contributed by atoms with E-state index in [1.54, 1.807) is 11.3 Å². The van der Waals surface area contributed by atoms with E-state index in [9.17, 15) is 0 Å². The summed E-state index contributed by atoms with van der Waals surface area (Å²) in [7, 11) is 0. The smallest absolute Gasteiger partial charge is 0.0515 e. The van der Waals surface area contributed by atoms with Gasteiger partial charge in [-0.05, 0) is 29.0 Å². The Morgan fingerprint density at radius 1 is 1.05 bits per heavy atom. The second kappa shape index (κ2) is 5.23. The van der Waals surface area contributed by atoms with Crippen molar-refractivity contribution in [2.45, 2.75) is 6.54 Å². The Labute approximate surface area is 124 Å². The predicted octanol–water partition coefficient (Wildman–Crippen LogP) is 4.86. The average molecular weight is 333 g/mol. The van der Waals surface area contributed by atoms with E-state index in [1.165, 1.54) is 15.6 Å². The molecule has 0 saturated heterocycles. The zero-order valence-corrected chi connectivity index (χ0v) is 12.6. The standard InChI is InChI=1S/C15H13BrN2S/c16-12-5-6-14(11-4-2-1-3-10(11)12)18-9-15-13(17)7-8-19-15/h1-8,18H,9,17H2. The molecule has 3 N–H and O–H groups in total. The number of nitrogens with one attached hydrogen (secondary N) is 1. The number of thiophene rings is 1. The van der Waals surface area contributed by atoms with Crippen LogP contribution in [0.3, 0.4) is 0 Å². The van der Waals surface area contributed by atoms with Gasteiger partial charge in [-0.1, -0.05) is 40.2 Å². The molecule has 3 aromatic rings. The molecule has 0 bridgehead atoms. The second-order valence-electron chi connectivity index (χ2n) is 4.29. The molecule has 0 unspecified atom stereocenters. The SMILES string of the molecule is Nc1ccsc1CNc1ccc(Br)c2ccccc12. The van der Waals surface area contributed by atoms with Crippen molar-refractivity contribution in [2.24, 2.45) is 0 Å². The molecule has 2 aromatic carbocycles. The summed E-state index contributed by atoms with van der Waals surface area (Å²) in [5.74, 6) is 0. The molecular formula is C15H13BrN2S. The van der Waals surface area contributed by atoms with E-state index in [0.29, 0.717) is 0 Å². The zero-order chi connectivity index (χ0) is 13.2. The summed E-state index contributed by atoms with van der Waals surface area (Å²) in [5, 5.41) is 7.92. The van der Waals surface area contributed by atoms with Crippen LogP contribution in [0.25, 0.3) is 10.8 Å². The molecule has 0 amide bonds. The molecule has 0 fully saturated rings. The minimum Gasteiger partial charge on any atom is -0.398 e. The van der Waals surface area contributed by atoms with Crippen LogP contribution in [0.2, 0.25) is 0 Å². The summed E-state index contributed by atoms with van der Waals surface area (Å²) in [4.78, 5) is 1.17. The average Bonchev–Trinajstić information content (AvgIpc) is 2.84. The van der Waals surface area contributed by atoms with Gasteiger partial charge in [0.25, 0.3) is 0 Å². The van der Waals surface area contributed by atoms with Gasteiger partial charge in [0.05, 0.1) is 6.54 Å². The summed E-state index contributed by atoms with van der Waals surface area (Å²) in [6.07, 6.45) is 0. The molecular weight excluding hydrogens is 320 g/mol. The molecule has 19 heavy (non-hydrogen) atoms. The van der Waals surface area contributed by atoms with Crippen LogP contribution < -0.4 is 11.1 Å². The molecule has 0 aliphatic heterocycles. The van der Waals surface area contributed by atoms with Crippen LogP contribution in [0, 0.1) is 0 Å². The highest BCUT2D eigenvalue weighted by Crippen LogP contribution is 2.30. The fourth-order valence-corrected chi connectivity index (χ4v) is 3.30. The Kier molecular flexibility index (Phi) is 3.44. The second-order valence-corrected chi connectivity index (χ2v) is 6.15. The minimum atomic E-state index is 0.759. The normalized spacial score (nSPS) is 10.8. The molecule has 4 heteroatoms. The van der Waals surface area contributed by atoms with Crippen LogP contribution in [0.4, 0.5) is 11.4 Å². The monoisotopic (exact) mass is 332 g/mol. The third-order valence-corrected chi connectivity index (χ3v) is 4.72. The number of hydrogen-bond donors (Lipinski definition) is 2. The van der Waals surface area contributed by atoms with E-state index in [1.807, 2.05) is 17.5 Å². The minimum absolute atomic E-state index is 0.759. The highest BCUT2D eigenvalue weighted by Gasteiger charge is 2.05. The Morgan fingerprint density at radius 3 is 2.58 bits per heavy atom. The molecule has 3 rings (SSSR count). The number of fused-ring (bicyclic) bond motifs is 1. The molecule has 96 valence electrons. The Balaban J connectivity index is 1.93. The van der Waals surface area contributed by atoms with Crippen molar-refractivity contribution in [1.82, 2.24) is 0 Å². The lowest BCUT2D eigenvalue weighted by Crippen LogP contribution is -2.00. The van der Waals surface area contributed by atoms with Crippen molar-refractivity contribution in [3.05, 3.63) is 57.2 Å². The Bertz CT molecular complexity index is 721. The number of nitrogen functional groups attached to an aromatic ring is 1.